The number of carbonyl (C=O) groups excluding carboxylic acids is 1. The summed E-state index contributed by atoms with van der Waals surface area (Å²) in [7, 11) is 1.35. The number of unbranched alkanes of at least 4 members (excludes halogenated alkanes) is 3. The van der Waals surface area contributed by atoms with Crippen molar-refractivity contribution in [3.05, 3.63) is 64.7 Å². The molecule has 2 aromatic rings. The summed E-state index contributed by atoms with van der Waals surface area (Å²) in [6.07, 6.45) is 3.73. The Kier molecular flexibility index (Phi) is 9.15. The van der Waals surface area contributed by atoms with Crippen LogP contribution in [0.25, 0.3) is 0 Å². The fraction of sp³-hybridized carbons (Fsp3) is 0.444. The Bertz CT molecular complexity index is 911. The fourth-order valence-corrected chi connectivity index (χ4v) is 3.18. The molecule has 0 fully saturated rings. The van der Waals surface area contributed by atoms with Gasteiger partial charge in [-0.25, -0.2) is 4.79 Å². The summed E-state index contributed by atoms with van der Waals surface area (Å²) in [5, 5.41) is 10.6. The van der Waals surface area contributed by atoms with E-state index in [9.17, 15) is 9.90 Å². The summed E-state index contributed by atoms with van der Waals surface area (Å²) >= 11 is 0. The first-order chi connectivity index (χ1) is 14.8. The Labute approximate surface area is 186 Å². The Morgan fingerprint density at radius 1 is 1.06 bits per heavy atom. The minimum Gasteiger partial charge on any atom is -0.493 e. The number of carbonyl (C=O) groups is 1. The normalized spacial score (nSPS) is 11.9. The third-order valence-corrected chi connectivity index (χ3v) is 5.04. The molecule has 1 unspecified atom stereocenters. The minimum atomic E-state index is -0.917. The Balaban J connectivity index is 2.15. The Morgan fingerprint density at radius 2 is 1.77 bits per heavy atom. The molecule has 0 amide bonds. The highest BCUT2D eigenvalue weighted by Gasteiger charge is 2.21. The number of aliphatic hydroxyl groups is 1. The summed E-state index contributed by atoms with van der Waals surface area (Å²) in [5.41, 5.74) is 2.86. The lowest BCUT2D eigenvalue weighted by Crippen LogP contribution is -2.15. The molecular weight excluding hydrogens is 388 g/mol. The molecular formula is C27H34O4. The second-order valence-electron chi connectivity index (χ2n) is 8.66. The zero-order chi connectivity index (χ0) is 22.9. The predicted molar refractivity (Wildman–Crippen MR) is 124 cm³/mol. The molecule has 1 N–H and O–H groups in total. The molecule has 0 bridgehead atoms. The van der Waals surface area contributed by atoms with E-state index < -0.39 is 6.10 Å². The molecule has 0 spiro atoms. The van der Waals surface area contributed by atoms with Crippen LogP contribution in [0.5, 0.6) is 5.75 Å². The van der Waals surface area contributed by atoms with Gasteiger partial charge in [0.05, 0.1) is 19.3 Å². The van der Waals surface area contributed by atoms with Gasteiger partial charge in [0, 0.05) is 5.56 Å². The van der Waals surface area contributed by atoms with Crippen LogP contribution in [-0.4, -0.2) is 24.8 Å². The van der Waals surface area contributed by atoms with Gasteiger partial charge in [0.2, 0.25) is 0 Å². The zero-order valence-corrected chi connectivity index (χ0v) is 19.3. The van der Waals surface area contributed by atoms with Crippen molar-refractivity contribution in [1.29, 1.82) is 0 Å². The number of benzene rings is 2. The van der Waals surface area contributed by atoms with Crippen molar-refractivity contribution >= 4 is 5.97 Å². The van der Waals surface area contributed by atoms with Crippen LogP contribution in [0.3, 0.4) is 0 Å². The van der Waals surface area contributed by atoms with Crippen molar-refractivity contribution < 1.29 is 19.4 Å². The van der Waals surface area contributed by atoms with Gasteiger partial charge < -0.3 is 14.6 Å². The molecule has 0 aliphatic heterocycles. The molecule has 2 rings (SSSR count). The van der Waals surface area contributed by atoms with Gasteiger partial charge in [0.1, 0.15) is 11.9 Å². The van der Waals surface area contributed by atoms with Gasteiger partial charge in [-0.2, -0.15) is 0 Å². The molecule has 0 radical (unpaired) electrons. The van der Waals surface area contributed by atoms with Crippen LogP contribution in [0.1, 0.15) is 86.5 Å². The molecule has 166 valence electrons. The molecule has 0 aliphatic rings. The second kappa shape index (κ2) is 11.6. The molecule has 31 heavy (non-hydrogen) atoms. The van der Waals surface area contributed by atoms with Crippen LogP contribution < -0.4 is 4.74 Å². The van der Waals surface area contributed by atoms with Gasteiger partial charge in [-0.05, 0) is 59.4 Å². The topological polar surface area (TPSA) is 55.8 Å². The molecule has 2 aromatic carbocycles. The van der Waals surface area contributed by atoms with Crippen molar-refractivity contribution in [1.82, 2.24) is 0 Å². The highest BCUT2D eigenvalue weighted by atomic mass is 16.5. The van der Waals surface area contributed by atoms with Crippen molar-refractivity contribution in [2.45, 2.75) is 64.9 Å². The molecule has 0 saturated carbocycles. The number of methoxy groups -OCH3 is 1. The summed E-state index contributed by atoms with van der Waals surface area (Å²) in [6.45, 7) is 9.31. The number of esters is 1. The third-order valence-electron chi connectivity index (χ3n) is 5.04. The summed E-state index contributed by atoms with van der Waals surface area (Å²) in [5.74, 6) is 6.34. The third kappa shape index (κ3) is 7.45. The van der Waals surface area contributed by atoms with E-state index in [4.69, 9.17) is 9.47 Å². The second-order valence-corrected chi connectivity index (χ2v) is 8.66. The molecule has 0 heterocycles. The predicted octanol–water partition coefficient (Wildman–Crippen LogP) is 5.81. The van der Waals surface area contributed by atoms with Crippen LogP contribution in [0.15, 0.2) is 42.5 Å². The zero-order valence-electron chi connectivity index (χ0n) is 19.3. The molecule has 0 aromatic heterocycles. The number of hydrogen-bond acceptors (Lipinski definition) is 4. The maximum atomic E-state index is 11.5. The van der Waals surface area contributed by atoms with Crippen LogP contribution >= 0.6 is 0 Å². The van der Waals surface area contributed by atoms with Crippen LogP contribution in [0, 0.1) is 11.8 Å². The maximum absolute atomic E-state index is 11.5. The average molecular weight is 423 g/mol. The monoisotopic (exact) mass is 422 g/mol. The summed E-state index contributed by atoms with van der Waals surface area (Å²) in [4.78, 5) is 11.5. The largest absolute Gasteiger partial charge is 0.493 e. The van der Waals surface area contributed by atoms with Crippen LogP contribution in [-0.2, 0) is 10.2 Å². The van der Waals surface area contributed by atoms with Crippen molar-refractivity contribution in [2.24, 2.45) is 0 Å². The van der Waals surface area contributed by atoms with Crippen LogP contribution in [0.2, 0.25) is 0 Å². The lowest BCUT2D eigenvalue weighted by atomic mass is 9.85. The number of ether oxygens (including phenoxy) is 2. The average Bonchev–Trinajstić information content (AvgIpc) is 2.76. The molecule has 1 atom stereocenters. The van der Waals surface area contributed by atoms with E-state index in [1.807, 2.05) is 18.2 Å². The van der Waals surface area contributed by atoms with E-state index in [1.54, 1.807) is 24.3 Å². The first-order valence-electron chi connectivity index (χ1n) is 10.9. The smallest absolute Gasteiger partial charge is 0.337 e. The SMILES string of the molecule is CCCCCCOc1ccc(C(O)C#Cc2ccc(C(=O)OC)cc2)cc1C(C)(C)C. The van der Waals surface area contributed by atoms with Gasteiger partial charge in [0.25, 0.3) is 0 Å². The van der Waals surface area contributed by atoms with E-state index in [1.165, 1.54) is 26.4 Å². The van der Waals surface area contributed by atoms with E-state index >= 15 is 0 Å². The lowest BCUT2D eigenvalue weighted by molar-refractivity contribution is 0.0600. The van der Waals surface area contributed by atoms with Crippen molar-refractivity contribution in [2.75, 3.05) is 13.7 Å². The highest BCUT2D eigenvalue weighted by Crippen LogP contribution is 2.33. The molecule has 4 heteroatoms. The van der Waals surface area contributed by atoms with Gasteiger partial charge in [-0.3, -0.25) is 0 Å². The maximum Gasteiger partial charge on any atom is 0.337 e. The number of aliphatic hydroxyl groups excluding tert-OH is 1. The Morgan fingerprint density at radius 3 is 2.39 bits per heavy atom. The van der Waals surface area contributed by atoms with Gasteiger partial charge >= 0.3 is 5.97 Å². The summed E-state index contributed by atoms with van der Waals surface area (Å²) in [6, 6.07) is 12.6. The summed E-state index contributed by atoms with van der Waals surface area (Å²) < 4.78 is 10.8. The van der Waals surface area contributed by atoms with Crippen molar-refractivity contribution in [3.63, 3.8) is 0 Å². The van der Waals surface area contributed by atoms with E-state index in [-0.39, 0.29) is 11.4 Å². The minimum absolute atomic E-state index is 0.119. The quantitative estimate of drug-likeness (QED) is 0.331. The van der Waals surface area contributed by atoms with Crippen LogP contribution in [0.4, 0.5) is 0 Å². The van der Waals surface area contributed by atoms with Gasteiger partial charge in [-0.1, -0.05) is 64.9 Å². The Hall–Kier alpha value is -2.77. The lowest BCUT2D eigenvalue weighted by Gasteiger charge is -2.24. The van der Waals surface area contributed by atoms with Gasteiger partial charge in [-0.15, -0.1) is 0 Å². The highest BCUT2D eigenvalue weighted by molar-refractivity contribution is 5.89. The molecule has 4 nitrogen and oxygen atoms in total. The molecule has 0 saturated heterocycles. The molecule has 0 aliphatic carbocycles. The fourth-order valence-electron chi connectivity index (χ4n) is 3.18. The standard InChI is InChI=1S/C27H34O4/c1-6-7-8-9-18-31-25-17-15-22(19-23(25)27(2,3)4)24(28)16-12-20-10-13-21(14-11-20)26(29)30-5/h10-11,13-15,17,19,24,28H,6-9,18H2,1-5H3. The van der Waals surface area contributed by atoms with E-state index in [2.05, 4.69) is 39.5 Å². The number of hydrogen-bond donors (Lipinski definition) is 1. The first-order valence-corrected chi connectivity index (χ1v) is 10.9. The van der Waals surface area contributed by atoms with E-state index in [0.29, 0.717) is 12.2 Å². The number of rotatable bonds is 8. The van der Waals surface area contributed by atoms with Crippen molar-refractivity contribution in [3.8, 4) is 17.6 Å². The van der Waals surface area contributed by atoms with Gasteiger partial charge in [0.15, 0.2) is 0 Å². The van der Waals surface area contributed by atoms with E-state index in [0.717, 1.165) is 28.9 Å². The first kappa shape index (κ1) is 24.5.